The molecule has 1 N–H and O–H groups in total. The zero-order valence-corrected chi connectivity index (χ0v) is 14.2. The van der Waals surface area contributed by atoms with E-state index in [1.54, 1.807) is 17.3 Å². The lowest BCUT2D eigenvalue weighted by atomic mass is 10.2. The molecular formula is C17H20BrN3O. The third-order valence-electron chi connectivity index (χ3n) is 3.44. The number of amides is 1. The summed E-state index contributed by atoms with van der Waals surface area (Å²) in [6.45, 7) is 1.35. The number of carbonyl (C=O) groups excluding carboxylic acids is 1. The summed E-state index contributed by atoms with van der Waals surface area (Å²) in [5.41, 5.74) is 2.20. The van der Waals surface area contributed by atoms with Crippen molar-refractivity contribution in [2.24, 2.45) is 0 Å². The van der Waals surface area contributed by atoms with Crippen molar-refractivity contribution in [2.45, 2.75) is 12.8 Å². The first kappa shape index (κ1) is 16.5. The summed E-state index contributed by atoms with van der Waals surface area (Å²) < 4.78 is 1.01. The highest BCUT2D eigenvalue weighted by Gasteiger charge is 2.08. The van der Waals surface area contributed by atoms with Gasteiger partial charge in [-0.05, 0) is 52.2 Å². The van der Waals surface area contributed by atoms with Crippen LogP contribution in [0.15, 0.2) is 53.3 Å². The number of para-hydroxylation sites is 1. The van der Waals surface area contributed by atoms with E-state index >= 15 is 0 Å². The van der Waals surface area contributed by atoms with Gasteiger partial charge in [-0.1, -0.05) is 12.1 Å². The van der Waals surface area contributed by atoms with Crippen molar-refractivity contribution in [2.75, 3.05) is 25.5 Å². The lowest BCUT2D eigenvalue weighted by Gasteiger charge is -2.17. The minimum absolute atomic E-state index is 0.147. The largest absolute Gasteiger partial charge is 0.384 e. The highest BCUT2D eigenvalue weighted by Crippen LogP contribution is 2.20. The van der Waals surface area contributed by atoms with E-state index in [9.17, 15) is 4.79 Å². The van der Waals surface area contributed by atoms with Gasteiger partial charge in [0.05, 0.1) is 0 Å². The summed E-state index contributed by atoms with van der Waals surface area (Å²) in [6.07, 6.45) is 4.88. The lowest BCUT2D eigenvalue weighted by Crippen LogP contribution is -2.30. The van der Waals surface area contributed by atoms with E-state index < -0.39 is 0 Å². The van der Waals surface area contributed by atoms with Gasteiger partial charge in [0.1, 0.15) is 0 Å². The molecule has 0 unspecified atom stereocenters. The molecule has 22 heavy (non-hydrogen) atoms. The summed E-state index contributed by atoms with van der Waals surface area (Å²) in [6, 6.07) is 11.9. The van der Waals surface area contributed by atoms with Gasteiger partial charge in [-0.3, -0.25) is 9.78 Å². The van der Waals surface area contributed by atoms with Gasteiger partial charge in [0.25, 0.3) is 0 Å². The van der Waals surface area contributed by atoms with E-state index in [4.69, 9.17) is 0 Å². The van der Waals surface area contributed by atoms with Crippen molar-refractivity contribution in [1.82, 2.24) is 9.88 Å². The third-order valence-corrected chi connectivity index (χ3v) is 4.13. The van der Waals surface area contributed by atoms with Crippen LogP contribution in [-0.2, 0) is 11.2 Å². The first-order chi connectivity index (χ1) is 10.7. The van der Waals surface area contributed by atoms with Gasteiger partial charge in [-0.15, -0.1) is 0 Å². The summed E-state index contributed by atoms with van der Waals surface area (Å²) in [4.78, 5) is 17.9. The van der Waals surface area contributed by atoms with Crippen LogP contribution in [-0.4, -0.2) is 35.9 Å². The SMILES string of the molecule is CN(CCc1ccncc1)C(=O)CCNc1ccccc1Br. The monoisotopic (exact) mass is 361 g/mol. The molecule has 4 nitrogen and oxygen atoms in total. The van der Waals surface area contributed by atoms with Gasteiger partial charge in [0, 0.05) is 49.1 Å². The second-order valence-corrected chi connectivity index (χ2v) is 5.93. The Morgan fingerprint density at radius 1 is 1.23 bits per heavy atom. The van der Waals surface area contributed by atoms with Crippen molar-refractivity contribution in [3.8, 4) is 0 Å². The normalized spacial score (nSPS) is 10.3. The minimum atomic E-state index is 0.147. The highest BCUT2D eigenvalue weighted by atomic mass is 79.9. The van der Waals surface area contributed by atoms with Crippen LogP contribution in [0.25, 0.3) is 0 Å². The molecule has 0 aliphatic heterocycles. The number of likely N-dealkylation sites (N-methyl/N-ethyl adjacent to an activating group) is 1. The van der Waals surface area contributed by atoms with Crippen LogP contribution in [0, 0.1) is 0 Å². The number of anilines is 1. The Hall–Kier alpha value is -1.88. The molecule has 0 saturated carbocycles. The second kappa shape index (κ2) is 8.54. The van der Waals surface area contributed by atoms with Crippen molar-refractivity contribution < 1.29 is 4.79 Å². The number of rotatable bonds is 7. The molecule has 0 saturated heterocycles. The predicted molar refractivity (Wildman–Crippen MR) is 92.8 cm³/mol. The Balaban J connectivity index is 1.71. The molecule has 0 spiro atoms. The fourth-order valence-electron chi connectivity index (χ4n) is 2.07. The summed E-state index contributed by atoms with van der Waals surface area (Å²) in [5.74, 6) is 0.147. The molecule has 0 atom stereocenters. The molecule has 0 aliphatic carbocycles. The molecule has 1 aromatic heterocycles. The van der Waals surface area contributed by atoms with Gasteiger partial charge in [-0.2, -0.15) is 0 Å². The third kappa shape index (κ3) is 5.15. The number of hydrogen-bond donors (Lipinski definition) is 1. The van der Waals surface area contributed by atoms with Gasteiger partial charge < -0.3 is 10.2 Å². The Morgan fingerprint density at radius 2 is 1.95 bits per heavy atom. The maximum Gasteiger partial charge on any atom is 0.224 e. The zero-order chi connectivity index (χ0) is 15.8. The van der Waals surface area contributed by atoms with Crippen LogP contribution in [0.1, 0.15) is 12.0 Å². The Morgan fingerprint density at radius 3 is 2.68 bits per heavy atom. The highest BCUT2D eigenvalue weighted by molar-refractivity contribution is 9.10. The maximum absolute atomic E-state index is 12.1. The molecule has 5 heteroatoms. The van der Waals surface area contributed by atoms with Crippen molar-refractivity contribution in [3.05, 3.63) is 58.8 Å². The van der Waals surface area contributed by atoms with Crippen LogP contribution in [0.2, 0.25) is 0 Å². The fraction of sp³-hybridized carbons (Fsp3) is 0.294. The topological polar surface area (TPSA) is 45.2 Å². The molecule has 1 aromatic carbocycles. The van der Waals surface area contributed by atoms with Gasteiger partial charge in [0.2, 0.25) is 5.91 Å². The van der Waals surface area contributed by atoms with Gasteiger partial charge in [0.15, 0.2) is 0 Å². The Labute approximate surface area is 139 Å². The zero-order valence-electron chi connectivity index (χ0n) is 12.6. The van der Waals surface area contributed by atoms with Crippen molar-refractivity contribution >= 4 is 27.5 Å². The number of halogens is 1. The number of pyridine rings is 1. The standard InChI is InChI=1S/C17H20BrN3O/c1-21(13-9-14-6-10-19-11-7-14)17(22)8-12-20-16-5-3-2-4-15(16)18/h2-7,10-11,20H,8-9,12-13H2,1H3. The lowest BCUT2D eigenvalue weighted by molar-refractivity contribution is -0.129. The molecule has 2 rings (SSSR count). The molecule has 2 aromatic rings. The number of aromatic nitrogens is 1. The quantitative estimate of drug-likeness (QED) is 0.822. The second-order valence-electron chi connectivity index (χ2n) is 5.08. The smallest absolute Gasteiger partial charge is 0.224 e. The Kier molecular flexibility index (Phi) is 6.40. The van der Waals surface area contributed by atoms with E-state index in [0.717, 1.165) is 23.1 Å². The summed E-state index contributed by atoms with van der Waals surface area (Å²) in [7, 11) is 1.85. The van der Waals surface area contributed by atoms with Crippen LogP contribution in [0.4, 0.5) is 5.69 Å². The number of hydrogen-bond acceptors (Lipinski definition) is 3. The molecule has 1 amide bonds. The summed E-state index contributed by atoms with van der Waals surface area (Å²) >= 11 is 3.48. The predicted octanol–water partition coefficient (Wildman–Crippen LogP) is 3.35. The van der Waals surface area contributed by atoms with E-state index in [1.807, 2.05) is 43.4 Å². The molecule has 0 radical (unpaired) electrons. The molecular weight excluding hydrogens is 342 g/mol. The van der Waals surface area contributed by atoms with E-state index in [-0.39, 0.29) is 5.91 Å². The molecule has 0 fully saturated rings. The molecule has 0 bridgehead atoms. The number of benzene rings is 1. The van der Waals surface area contributed by atoms with Gasteiger partial charge >= 0.3 is 0 Å². The van der Waals surface area contributed by atoms with Crippen LogP contribution in [0.3, 0.4) is 0 Å². The maximum atomic E-state index is 12.1. The Bertz CT molecular complexity index is 604. The van der Waals surface area contributed by atoms with E-state index in [2.05, 4.69) is 26.2 Å². The average molecular weight is 362 g/mol. The van der Waals surface area contributed by atoms with Crippen molar-refractivity contribution in [3.63, 3.8) is 0 Å². The van der Waals surface area contributed by atoms with Crippen LogP contribution >= 0.6 is 15.9 Å². The van der Waals surface area contributed by atoms with E-state index in [1.165, 1.54) is 5.56 Å². The first-order valence-corrected chi connectivity index (χ1v) is 8.07. The average Bonchev–Trinajstić information content (AvgIpc) is 2.55. The van der Waals surface area contributed by atoms with Crippen molar-refractivity contribution in [1.29, 1.82) is 0 Å². The first-order valence-electron chi connectivity index (χ1n) is 7.28. The van der Waals surface area contributed by atoms with Crippen LogP contribution < -0.4 is 5.32 Å². The van der Waals surface area contributed by atoms with Gasteiger partial charge in [-0.25, -0.2) is 0 Å². The molecule has 116 valence electrons. The molecule has 1 heterocycles. The summed E-state index contributed by atoms with van der Waals surface area (Å²) in [5, 5.41) is 3.27. The van der Waals surface area contributed by atoms with Crippen LogP contribution in [0.5, 0.6) is 0 Å². The number of nitrogens with one attached hydrogen (secondary N) is 1. The number of carbonyl (C=O) groups is 1. The minimum Gasteiger partial charge on any atom is -0.384 e. The molecule has 0 aliphatic rings. The van der Waals surface area contributed by atoms with E-state index in [0.29, 0.717) is 13.0 Å². The number of nitrogens with zero attached hydrogens (tertiary/aromatic N) is 2. The fourth-order valence-corrected chi connectivity index (χ4v) is 2.50.